The van der Waals surface area contributed by atoms with Crippen LogP contribution in [0.15, 0.2) is 53.3 Å². The molecule has 2 saturated heterocycles. The van der Waals surface area contributed by atoms with Crippen molar-refractivity contribution in [3.05, 3.63) is 83.0 Å². The van der Waals surface area contributed by atoms with E-state index in [-0.39, 0.29) is 23.3 Å². The number of aryl methyl sites for hydroxylation is 2. The molecule has 2 aliphatic heterocycles. The van der Waals surface area contributed by atoms with Crippen LogP contribution in [-0.4, -0.2) is 78.0 Å². The molecular formula is C32H40N8O3. The number of carbonyl (C=O) groups excluding carboxylic acids is 2. The van der Waals surface area contributed by atoms with Crippen LogP contribution in [0.3, 0.4) is 0 Å². The number of aromatic nitrogens is 6. The molecule has 3 aromatic heterocycles. The van der Waals surface area contributed by atoms with Crippen molar-refractivity contribution in [2.45, 2.75) is 66.0 Å². The van der Waals surface area contributed by atoms with E-state index in [0.29, 0.717) is 50.0 Å². The van der Waals surface area contributed by atoms with E-state index in [1.165, 1.54) is 12.8 Å². The highest BCUT2D eigenvalue weighted by Crippen LogP contribution is 2.48. The van der Waals surface area contributed by atoms with Crippen LogP contribution < -0.4 is 0 Å². The summed E-state index contributed by atoms with van der Waals surface area (Å²) in [6, 6.07) is 11.8. The number of likely N-dealkylation sites (tertiary alicyclic amines) is 2. The Labute approximate surface area is 251 Å². The number of rotatable bonds is 7. The highest BCUT2D eigenvalue weighted by molar-refractivity contribution is 5.94. The van der Waals surface area contributed by atoms with Crippen LogP contribution in [0.25, 0.3) is 0 Å². The Morgan fingerprint density at radius 3 is 2.49 bits per heavy atom. The molecule has 5 heterocycles. The summed E-state index contributed by atoms with van der Waals surface area (Å²) >= 11 is 0. The quantitative estimate of drug-likeness (QED) is 0.299. The summed E-state index contributed by atoms with van der Waals surface area (Å²) < 4.78 is 9.34. The van der Waals surface area contributed by atoms with Gasteiger partial charge in [0.2, 0.25) is 6.41 Å². The summed E-state index contributed by atoms with van der Waals surface area (Å²) in [6.07, 6.45) is 7.16. The Morgan fingerprint density at radius 1 is 1.14 bits per heavy atom. The molecule has 0 bridgehead atoms. The van der Waals surface area contributed by atoms with Gasteiger partial charge >= 0.3 is 0 Å². The Hall–Kier alpha value is -4.28. The molecule has 43 heavy (non-hydrogen) atoms. The van der Waals surface area contributed by atoms with Crippen LogP contribution in [0, 0.1) is 24.7 Å². The number of amides is 2. The van der Waals surface area contributed by atoms with E-state index in [9.17, 15) is 9.59 Å². The van der Waals surface area contributed by atoms with E-state index < -0.39 is 0 Å². The first kappa shape index (κ1) is 28.8. The Bertz CT molecular complexity index is 1590. The van der Waals surface area contributed by atoms with E-state index in [1.54, 1.807) is 22.0 Å². The summed E-state index contributed by atoms with van der Waals surface area (Å²) in [6.45, 7) is 13.2. The number of hydrogen-bond acceptors (Lipinski definition) is 7. The molecular weight excluding hydrogens is 544 g/mol. The first-order valence-electron chi connectivity index (χ1n) is 15.0. The first-order valence-corrected chi connectivity index (χ1v) is 15.0. The van der Waals surface area contributed by atoms with Gasteiger partial charge in [-0.25, -0.2) is 0 Å². The first-order chi connectivity index (χ1) is 20.6. The monoisotopic (exact) mass is 584 g/mol. The van der Waals surface area contributed by atoms with Gasteiger partial charge in [0.15, 0.2) is 5.82 Å². The van der Waals surface area contributed by atoms with Crippen molar-refractivity contribution in [1.82, 2.24) is 39.5 Å². The lowest BCUT2D eigenvalue weighted by molar-refractivity contribution is -0.129. The van der Waals surface area contributed by atoms with Gasteiger partial charge in [-0.2, -0.15) is 15.2 Å². The second-order valence-corrected chi connectivity index (χ2v) is 13.2. The molecule has 2 amide bonds. The van der Waals surface area contributed by atoms with E-state index >= 15 is 0 Å². The molecule has 4 aromatic rings. The van der Waals surface area contributed by atoms with Crippen LogP contribution >= 0.6 is 0 Å². The molecule has 1 aliphatic carbocycles. The maximum absolute atomic E-state index is 13.5. The van der Waals surface area contributed by atoms with Gasteiger partial charge in [-0.1, -0.05) is 49.3 Å². The molecule has 1 saturated carbocycles. The molecule has 0 N–H and O–H groups in total. The number of hydrogen-bond donors (Lipinski definition) is 0. The van der Waals surface area contributed by atoms with Gasteiger partial charge in [0, 0.05) is 43.5 Å². The van der Waals surface area contributed by atoms with Gasteiger partial charge in [-0.15, -0.1) is 0 Å². The van der Waals surface area contributed by atoms with Crippen LogP contribution in [0.2, 0.25) is 0 Å². The molecule has 2 atom stereocenters. The summed E-state index contributed by atoms with van der Waals surface area (Å²) in [5.74, 6) is 0.802. The van der Waals surface area contributed by atoms with Crippen LogP contribution in [-0.2, 0) is 11.3 Å². The summed E-state index contributed by atoms with van der Waals surface area (Å²) in [4.78, 5) is 33.3. The van der Waals surface area contributed by atoms with Crippen LogP contribution in [0.5, 0.6) is 0 Å². The minimum Gasteiger partial charge on any atom is -0.344 e. The second-order valence-electron chi connectivity index (χ2n) is 13.2. The Balaban J connectivity index is 0.000000599. The van der Waals surface area contributed by atoms with Crippen molar-refractivity contribution in [2.75, 3.05) is 26.2 Å². The lowest BCUT2D eigenvalue weighted by atomic mass is 9.71. The third kappa shape index (κ3) is 5.98. The second kappa shape index (κ2) is 11.1. The zero-order chi connectivity index (χ0) is 30.4. The van der Waals surface area contributed by atoms with E-state index in [0.717, 1.165) is 28.8 Å². The summed E-state index contributed by atoms with van der Waals surface area (Å²) in [5, 5.41) is 13.3. The number of benzene rings is 1. The smallest absolute Gasteiger partial charge is 0.257 e. The molecule has 1 spiro atoms. The molecule has 2 unspecified atom stereocenters. The van der Waals surface area contributed by atoms with E-state index in [2.05, 4.69) is 29.2 Å². The van der Waals surface area contributed by atoms with Crippen molar-refractivity contribution >= 4 is 12.3 Å². The van der Waals surface area contributed by atoms with Crippen molar-refractivity contribution in [1.29, 1.82) is 0 Å². The lowest BCUT2D eigenvalue weighted by Gasteiger charge is -2.48. The Morgan fingerprint density at radius 2 is 1.86 bits per heavy atom. The minimum atomic E-state index is -0.306. The molecule has 11 heteroatoms. The number of nitrogens with zero attached hydrogens (tertiary/aromatic N) is 8. The van der Waals surface area contributed by atoms with Crippen molar-refractivity contribution in [3.63, 3.8) is 0 Å². The molecule has 3 fully saturated rings. The third-order valence-corrected chi connectivity index (χ3v) is 8.98. The van der Waals surface area contributed by atoms with Gasteiger partial charge in [-0.05, 0) is 50.7 Å². The molecule has 0 radical (unpaired) electrons. The van der Waals surface area contributed by atoms with E-state index in [4.69, 9.17) is 9.51 Å². The fraction of sp³-hybridized carbons (Fsp3) is 0.500. The third-order valence-electron chi connectivity index (χ3n) is 8.98. The lowest BCUT2D eigenvalue weighted by Crippen LogP contribution is -2.59. The van der Waals surface area contributed by atoms with Crippen molar-refractivity contribution in [3.8, 4) is 0 Å². The maximum atomic E-state index is 13.5. The zero-order valence-electron chi connectivity index (χ0n) is 25.6. The molecule has 226 valence electrons. The predicted octanol–water partition coefficient (Wildman–Crippen LogP) is 4.24. The fourth-order valence-electron chi connectivity index (χ4n) is 6.10. The zero-order valence-corrected chi connectivity index (χ0v) is 25.6. The van der Waals surface area contributed by atoms with Crippen molar-refractivity contribution in [2.24, 2.45) is 10.8 Å². The highest BCUT2D eigenvalue weighted by Gasteiger charge is 2.57. The largest absolute Gasteiger partial charge is 0.344 e. The van der Waals surface area contributed by atoms with Gasteiger partial charge in [0.1, 0.15) is 6.04 Å². The van der Waals surface area contributed by atoms with Crippen LogP contribution in [0.4, 0.5) is 0 Å². The maximum Gasteiger partial charge on any atom is 0.257 e. The van der Waals surface area contributed by atoms with Crippen LogP contribution in [0.1, 0.15) is 84.6 Å². The van der Waals surface area contributed by atoms with Crippen molar-refractivity contribution < 1.29 is 14.1 Å². The Kier molecular flexibility index (Phi) is 7.43. The molecule has 3 aliphatic rings. The SMILES string of the molecule is CC1(C)CC1.Cc1cc(C)n(C(C)c2nc(C3CN(C(=O)c4cnn(Cc5ccccc5)c4)CC34CN(C=O)C4)no2)n1. The average molecular weight is 585 g/mol. The molecule has 1 aromatic carbocycles. The van der Waals surface area contributed by atoms with E-state index in [1.807, 2.05) is 66.8 Å². The van der Waals surface area contributed by atoms with Gasteiger partial charge in [0.25, 0.3) is 11.8 Å². The summed E-state index contributed by atoms with van der Waals surface area (Å²) in [7, 11) is 0. The topological polar surface area (TPSA) is 115 Å². The summed E-state index contributed by atoms with van der Waals surface area (Å²) in [5.41, 5.74) is 4.03. The van der Waals surface area contributed by atoms with Gasteiger partial charge in [0.05, 0.1) is 29.9 Å². The van der Waals surface area contributed by atoms with Gasteiger partial charge < -0.3 is 14.3 Å². The fourth-order valence-corrected chi connectivity index (χ4v) is 6.10. The highest BCUT2D eigenvalue weighted by atomic mass is 16.5. The predicted molar refractivity (Wildman–Crippen MR) is 159 cm³/mol. The normalized spacial score (nSPS) is 20.3. The molecule has 7 rings (SSSR count). The minimum absolute atomic E-state index is 0.0875. The molecule has 11 nitrogen and oxygen atoms in total. The van der Waals surface area contributed by atoms with Gasteiger partial charge in [-0.3, -0.25) is 19.0 Å². The number of carbonyl (C=O) groups is 2. The average Bonchev–Trinajstić information content (AvgIpc) is 3.49. The standard InChI is InChI=1S/C27H30N8O3.C5H10/c1-18-9-19(2)35(30-18)20(3)25-29-24(31-38-25)23-13-33(16-27(23)14-32(15-27)17-36)26(37)22-10-28-34(12-22)11-21-7-5-4-6-8-21;1-5(2)3-4-5/h4-10,12,17,20,23H,11,13-16H2,1-3H3;3-4H2,1-2H3.